The molecular weight excluding hydrogens is 484 g/mol. The Morgan fingerprint density at radius 1 is 1.21 bits per heavy atom. The lowest BCUT2D eigenvalue weighted by molar-refractivity contribution is -0.147. The molecule has 1 aromatic carbocycles. The molecular formula is C30H38N2O6. The number of fused-ring (bicyclic) bond motifs is 2. The smallest absolute Gasteiger partial charge is 0.387 e. The van der Waals surface area contributed by atoms with E-state index in [1.54, 1.807) is 7.11 Å². The summed E-state index contributed by atoms with van der Waals surface area (Å²) in [6.45, 7) is 4.88. The normalized spacial score (nSPS) is 41.0. The number of hydrogen-bond acceptors (Lipinski definition) is 7. The van der Waals surface area contributed by atoms with Gasteiger partial charge in [0.05, 0.1) is 18.4 Å². The van der Waals surface area contributed by atoms with Crippen molar-refractivity contribution < 1.29 is 29.0 Å². The van der Waals surface area contributed by atoms with Crippen LogP contribution in [0.3, 0.4) is 0 Å². The summed E-state index contributed by atoms with van der Waals surface area (Å²) in [7, 11) is 1.67. The highest BCUT2D eigenvalue weighted by molar-refractivity contribution is 5.92. The Balaban J connectivity index is 1.36. The second-order valence-electron chi connectivity index (χ2n) is 12.1. The summed E-state index contributed by atoms with van der Waals surface area (Å²) in [4.78, 5) is 28.7. The zero-order chi connectivity index (χ0) is 26.8. The van der Waals surface area contributed by atoms with Gasteiger partial charge in [0.2, 0.25) is 0 Å². The van der Waals surface area contributed by atoms with E-state index in [9.17, 15) is 14.7 Å². The average molecular weight is 523 g/mol. The third kappa shape index (κ3) is 3.49. The Kier molecular flexibility index (Phi) is 6.09. The Bertz CT molecular complexity index is 1200. The molecule has 8 heteroatoms. The van der Waals surface area contributed by atoms with Crippen LogP contribution in [0.2, 0.25) is 0 Å². The molecule has 4 fully saturated rings. The van der Waals surface area contributed by atoms with Crippen molar-refractivity contribution in [2.24, 2.45) is 22.4 Å². The second-order valence-corrected chi connectivity index (χ2v) is 12.1. The molecule has 0 unspecified atom stereocenters. The minimum absolute atomic E-state index is 0.0738. The predicted octanol–water partition coefficient (Wildman–Crippen LogP) is 4.25. The van der Waals surface area contributed by atoms with Crippen LogP contribution in [0, 0.1) is 17.3 Å². The van der Waals surface area contributed by atoms with Crippen molar-refractivity contribution in [1.82, 2.24) is 5.32 Å². The molecule has 3 saturated carbocycles. The maximum Gasteiger partial charge on any atom is 0.433 e. The van der Waals surface area contributed by atoms with Gasteiger partial charge in [-0.15, -0.1) is 0 Å². The van der Waals surface area contributed by atoms with Crippen LogP contribution in [0.1, 0.15) is 75.8 Å². The number of carbonyl (C=O) groups excluding carboxylic acids is 2. The molecule has 4 aliphatic carbocycles. The first-order valence-electron chi connectivity index (χ1n) is 14.0. The van der Waals surface area contributed by atoms with Gasteiger partial charge in [0.1, 0.15) is 11.2 Å². The summed E-state index contributed by atoms with van der Waals surface area (Å²) < 4.78 is 12.5. The first kappa shape index (κ1) is 25.7. The van der Waals surface area contributed by atoms with Crippen LogP contribution in [0.15, 0.2) is 41.1 Å². The maximum absolute atomic E-state index is 12.4. The first-order valence-corrected chi connectivity index (χ1v) is 14.0. The third-order valence-corrected chi connectivity index (χ3v) is 10.5. The van der Waals surface area contributed by atoms with Crippen LogP contribution in [-0.2, 0) is 19.1 Å². The quantitative estimate of drug-likeness (QED) is 0.250. The van der Waals surface area contributed by atoms with E-state index in [4.69, 9.17) is 14.3 Å². The van der Waals surface area contributed by atoms with Crippen LogP contribution in [0.25, 0.3) is 0 Å². The van der Waals surface area contributed by atoms with E-state index in [-0.39, 0.29) is 28.3 Å². The molecule has 1 amide bonds. The van der Waals surface area contributed by atoms with Crippen LogP contribution in [0.5, 0.6) is 0 Å². The fourth-order valence-corrected chi connectivity index (χ4v) is 8.83. The second kappa shape index (κ2) is 9.00. The number of benzene rings is 1. The minimum Gasteiger partial charge on any atom is -0.387 e. The highest BCUT2D eigenvalue weighted by Crippen LogP contribution is 2.79. The van der Waals surface area contributed by atoms with Crippen molar-refractivity contribution in [2.45, 2.75) is 81.5 Å². The molecule has 6 rings (SSSR count). The highest BCUT2D eigenvalue weighted by Gasteiger charge is 2.83. The van der Waals surface area contributed by atoms with Crippen molar-refractivity contribution in [2.75, 3.05) is 20.3 Å². The van der Waals surface area contributed by atoms with Gasteiger partial charge in [-0.05, 0) is 80.1 Å². The number of ether oxygens (including phenoxy) is 2. The Labute approximate surface area is 223 Å². The summed E-state index contributed by atoms with van der Waals surface area (Å²) in [6, 6.07) is 8.18. The number of rotatable bonds is 6. The number of amides is 1. The van der Waals surface area contributed by atoms with E-state index in [1.807, 2.05) is 25.1 Å². The average Bonchev–Trinajstić information content (AvgIpc) is 3.50. The van der Waals surface area contributed by atoms with E-state index in [2.05, 4.69) is 29.5 Å². The van der Waals surface area contributed by atoms with Gasteiger partial charge in [-0.3, -0.25) is 9.63 Å². The molecule has 0 radical (unpaired) electrons. The monoisotopic (exact) mass is 522 g/mol. The fraction of sp³-hybridized carbons (Fsp3) is 0.633. The highest BCUT2D eigenvalue weighted by atomic mass is 16.7. The number of methoxy groups -OCH3 is 1. The molecule has 1 saturated heterocycles. The molecule has 0 bridgehead atoms. The van der Waals surface area contributed by atoms with Gasteiger partial charge in [-0.1, -0.05) is 36.3 Å². The van der Waals surface area contributed by atoms with Crippen molar-refractivity contribution in [1.29, 1.82) is 0 Å². The number of ketones is 1. The van der Waals surface area contributed by atoms with Crippen molar-refractivity contribution in [3.8, 4) is 0 Å². The van der Waals surface area contributed by atoms with Gasteiger partial charge < -0.3 is 19.9 Å². The lowest BCUT2D eigenvalue weighted by atomic mass is 9.46. The number of aliphatic hydroxyl groups is 1. The molecule has 1 aromatic rings. The molecule has 2 spiro atoms. The van der Waals surface area contributed by atoms with Crippen molar-refractivity contribution in [3.63, 3.8) is 0 Å². The van der Waals surface area contributed by atoms with Crippen molar-refractivity contribution >= 4 is 18.1 Å². The van der Waals surface area contributed by atoms with E-state index in [0.29, 0.717) is 31.4 Å². The summed E-state index contributed by atoms with van der Waals surface area (Å²) >= 11 is 0. The van der Waals surface area contributed by atoms with Gasteiger partial charge in [-0.2, -0.15) is 0 Å². The minimum atomic E-state index is -0.879. The number of nitrogens with one attached hydrogen (secondary N) is 1. The summed E-state index contributed by atoms with van der Waals surface area (Å²) in [5.41, 5.74) is 1.27. The topological polar surface area (TPSA) is 110 Å². The number of nitrogens with zero attached hydrogens (tertiary/aromatic N) is 1. The zero-order valence-corrected chi connectivity index (χ0v) is 22.5. The molecule has 1 heterocycles. The first-order chi connectivity index (χ1) is 18.2. The molecule has 0 aromatic heterocycles. The molecule has 2 N–H and O–H groups in total. The third-order valence-electron chi connectivity index (χ3n) is 10.5. The number of carbonyl (C=O) groups is 2. The van der Waals surface area contributed by atoms with E-state index >= 15 is 0 Å². The summed E-state index contributed by atoms with van der Waals surface area (Å²) in [5.74, 6) is 0.940. The van der Waals surface area contributed by atoms with Crippen LogP contribution < -0.4 is 5.32 Å². The number of oxime groups is 1. The predicted molar refractivity (Wildman–Crippen MR) is 141 cm³/mol. The van der Waals surface area contributed by atoms with E-state index in [0.717, 1.165) is 49.7 Å². The SMILES string of the molecule is CCNC(=O)O/N=C/c1ccc([C@H]2C[C@@]3(C)[C@@H](CC[C@@]3(O)COC)[C@@H]3CCC4=CC(=O)CC[C@]45O[C@]235)cc1. The fourth-order valence-electron chi connectivity index (χ4n) is 8.83. The molecule has 5 aliphatic rings. The molecule has 1 aliphatic heterocycles. The molecule has 7 atom stereocenters. The Hall–Kier alpha value is -2.55. The summed E-state index contributed by atoms with van der Waals surface area (Å²) in [6.07, 6.45) is 8.44. The van der Waals surface area contributed by atoms with Crippen molar-refractivity contribution in [3.05, 3.63) is 47.0 Å². The van der Waals surface area contributed by atoms with Gasteiger partial charge in [0.15, 0.2) is 5.78 Å². The molecule has 38 heavy (non-hydrogen) atoms. The van der Waals surface area contributed by atoms with E-state index in [1.165, 1.54) is 11.8 Å². The van der Waals surface area contributed by atoms with Crippen LogP contribution >= 0.6 is 0 Å². The molecule has 8 nitrogen and oxygen atoms in total. The van der Waals surface area contributed by atoms with Gasteiger partial charge in [-0.25, -0.2) is 4.79 Å². The Morgan fingerprint density at radius 2 is 2.00 bits per heavy atom. The van der Waals surface area contributed by atoms with Gasteiger partial charge in [0, 0.05) is 31.4 Å². The number of hydrogen-bond donors (Lipinski definition) is 2. The van der Waals surface area contributed by atoms with E-state index < -0.39 is 11.7 Å². The Morgan fingerprint density at radius 3 is 2.74 bits per heavy atom. The van der Waals surface area contributed by atoms with Crippen LogP contribution in [-0.4, -0.2) is 60.3 Å². The lowest BCUT2D eigenvalue weighted by Gasteiger charge is -2.56. The lowest BCUT2D eigenvalue weighted by Crippen LogP contribution is -2.60. The zero-order valence-electron chi connectivity index (χ0n) is 22.5. The molecule has 204 valence electrons. The van der Waals surface area contributed by atoms with Gasteiger partial charge in [0.25, 0.3) is 0 Å². The maximum atomic E-state index is 12.4. The number of epoxide rings is 1. The standard InChI is InChI=1S/C30H38N2O6/c1-4-31-26(34)37-32-17-19-5-7-20(8-6-19)25-16-27(2)23(12-13-28(27,35)18-36-3)24-10-9-21-15-22(33)11-14-29(21)30(24,25)38-29/h5-8,15,17,23-25,35H,4,9-14,16,18H2,1-3H3,(H,31,34)/b32-17+/t23-,24-,25+,27-,28+,29-,30-/m0/s1. The summed E-state index contributed by atoms with van der Waals surface area (Å²) in [5, 5.41) is 18.2. The van der Waals surface area contributed by atoms with Gasteiger partial charge >= 0.3 is 6.09 Å². The largest absolute Gasteiger partial charge is 0.433 e. The van der Waals surface area contributed by atoms with Crippen LogP contribution in [0.4, 0.5) is 4.79 Å².